The van der Waals surface area contributed by atoms with E-state index in [2.05, 4.69) is 0 Å². The minimum absolute atomic E-state index is 0.0413. The fourth-order valence-corrected chi connectivity index (χ4v) is 4.81. The van der Waals surface area contributed by atoms with Gasteiger partial charge in [0.05, 0.1) is 10.6 Å². The van der Waals surface area contributed by atoms with Gasteiger partial charge in [0.1, 0.15) is 0 Å². The highest BCUT2D eigenvalue weighted by Crippen LogP contribution is 2.28. The maximum atomic E-state index is 13.0. The number of amides is 1. The van der Waals surface area contributed by atoms with Gasteiger partial charge in [0, 0.05) is 30.7 Å². The number of hydrogen-bond acceptors (Lipinski definition) is 3. The van der Waals surface area contributed by atoms with E-state index in [9.17, 15) is 13.2 Å². The van der Waals surface area contributed by atoms with Gasteiger partial charge < -0.3 is 4.90 Å². The fourth-order valence-electron chi connectivity index (χ4n) is 3.43. The van der Waals surface area contributed by atoms with Gasteiger partial charge in [-0.2, -0.15) is 0 Å². The van der Waals surface area contributed by atoms with Crippen LogP contribution in [-0.4, -0.2) is 39.4 Å². The summed E-state index contributed by atoms with van der Waals surface area (Å²) in [4.78, 5) is 15.0. The van der Waals surface area contributed by atoms with Crippen molar-refractivity contribution < 1.29 is 13.2 Å². The third kappa shape index (κ3) is 4.33. The van der Waals surface area contributed by atoms with E-state index in [0.29, 0.717) is 16.3 Å². The van der Waals surface area contributed by atoms with Crippen LogP contribution in [0.1, 0.15) is 41.6 Å². The number of halogens is 1. The predicted molar refractivity (Wildman–Crippen MR) is 113 cm³/mol. The smallest absolute Gasteiger partial charge is 0.264 e. The molecule has 150 valence electrons. The van der Waals surface area contributed by atoms with Crippen LogP contribution in [0.5, 0.6) is 0 Å². The first-order chi connectivity index (χ1) is 13.3. The van der Waals surface area contributed by atoms with Gasteiger partial charge in [0.2, 0.25) is 0 Å². The van der Waals surface area contributed by atoms with E-state index >= 15 is 0 Å². The number of nitrogens with zero attached hydrogens (tertiary/aromatic N) is 2. The summed E-state index contributed by atoms with van der Waals surface area (Å²) in [5, 5.41) is 0.475. The number of rotatable bonds is 4. The van der Waals surface area contributed by atoms with Crippen LogP contribution in [-0.2, 0) is 10.0 Å². The molecular formula is C21H25ClN2O3S. The summed E-state index contributed by atoms with van der Waals surface area (Å²) in [6.07, 6.45) is 4.31. The molecule has 0 spiro atoms. The zero-order valence-electron chi connectivity index (χ0n) is 16.2. The van der Waals surface area contributed by atoms with Crippen molar-refractivity contribution in [2.75, 3.05) is 24.4 Å². The Morgan fingerprint density at radius 3 is 2.21 bits per heavy atom. The summed E-state index contributed by atoms with van der Waals surface area (Å²) in [5.41, 5.74) is 1.80. The first-order valence-corrected chi connectivity index (χ1v) is 11.3. The average Bonchev–Trinajstić information content (AvgIpc) is 2.97. The molecule has 0 aliphatic carbocycles. The summed E-state index contributed by atoms with van der Waals surface area (Å²) in [6.45, 7) is 3.34. The van der Waals surface area contributed by atoms with Crippen molar-refractivity contribution in [1.82, 2.24) is 4.90 Å². The van der Waals surface area contributed by atoms with Gasteiger partial charge in [0.25, 0.3) is 15.9 Å². The summed E-state index contributed by atoms with van der Waals surface area (Å²) in [6, 6.07) is 11.3. The van der Waals surface area contributed by atoms with Crippen molar-refractivity contribution >= 4 is 33.2 Å². The molecular weight excluding hydrogens is 396 g/mol. The Kier molecular flexibility index (Phi) is 6.30. The molecule has 7 heteroatoms. The molecule has 1 aliphatic rings. The Labute approximate surface area is 172 Å². The number of carbonyl (C=O) groups excluding carboxylic acids is 1. The highest BCUT2D eigenvalue weighted by molar-refractivity contribution is 7.92. The van der Waals surface area contributed by atoms with Crippen molar-refractivity contribution in [2.45, 2.75) is 37.5 Å². The molecule has 0 saturated carbocycles. The molecule has 0 unspecified atom stereocenters. The van der Waals surface area contributed by atoms with E-state index in [1.54, 1.807) is 30.3 Å². The molecule has 3 rings (SSSR count). The molecule has 1 amide bonds. The maximum absolute atomic E-state index is 13.0. The first kappa shape index (κ1) is 20.7. The monoisotopic (exact) mass is 420 g/mol. The van der Waals surface area contributed by atoms with Crippen LogP contribution in [0.4, 0.5) is 5.69 Å². The summed E-state index contributed by atoms with van der Waals surface area (Å²) < 4.78 is 27.3. The Balaban J connectivity index is 1.92. The molecule has 1 aliphatic heterocycles. The number of anilines is 1. The van der Waals surface area contributed by atoms with Gasteiger partial charge in [0.15, 0.2) is 0 Å². The highest BCUT2D eigenvalue weighted by atomic mass is 35.5. The molecule has 1 saturated heterocycles. The molecule has 0 N–H and O–H groups in total. The van der Waals surface area contributed by atoms with Crippen LogP contribution < -0.4 is 4.31 Å². The standard InChI is InChI=1S/C21H25ClN2O3S/c1-16-7-8-17(21(25)24-13-5-3-4-6-14-24)15-20(16)23(2)28(26,27)19-11-9-18(22)10-12-19/h7-12,15H,3-6,13-14H2,1-2H3. The summed E-state index contributed by atoms with van der Waals surface area (Å²) in [7, 11) is -2.25. The largest absolute Gasteiger partial charge is 0.339 e. The lowest BCUT2D eigenvalue weighted by Gasteiger charge is -2.24. The molecule has 2 aromatic carbocycles. The van der Waals surface area contributed by atoms with Crippen LogP contribution in [0.2, 0.25) is 5.02 Å². The van der Waals surface area contributed by atoms with Crippen molar-refractivity contribution in [1.29, 1.82) is 0 Å². The third-order valence-corrected chi connectivity index (χ3v) is 7.20. The maximum Gasteiger partial charge on any atom is 0.264 e. The molecule has 0 bridgehead atoms. The van der Waals surface area contributed by atoms with Gasteiger partial charge in [-0.15, -0.1) is 0 Å². The lowest BCUT2D eigenvalue weighted by atomic mass is 10.1. The Hall–Kier alpha value is -2.05. The number of aryl methyl sites for hydroxylation is 1. The van der Waals surface area contributed by atoms with Gasteiger partial charge in [-0.25, -0.2) is 8.42 Å². The van der Waals surface area contributed by atoms with E-state index < -0.39 is 10.0 Å². The van der Waals surface area contributed by atoms with Crippen molar-refractivity contribution in [3.05, 3.63) is 58.6 Å². The number of likely N-dealkylation sites (tertiary alicyclic amines) is 1. The fraction of sp³-hybridized carbons (Fsp3) is 0.381. The molecule has 2 aromatic rings. The van der Waals surface area contributed by atoms with Crippen LogP contribution in [0.3, 0.4) is 0 Å². The Morgan fingerprint density at radius 1 is 1.00 bits per heavy atom. The SMILES string of the molecule is Cc1ccc(C(=O)N2CCCCCC2)cc1N(C)S(=O)(=O)c1ccc(Cl)cc1. The molecule has 1 heterocycles. The molecule has 0 aromatic heterocycles. The number of sulfonamides is 1. The van der Waals surface area contributed by atoms with Crippen molar-refractivity contribution in [3.63, 3.8) is 0 Å². The molecule has 28 heavy (non-hydrogen) atoms. The predicted octanol–water partition coefficient (Wildman–Crippen LogP) is 4.49. The van der Waals surface area contributed by atoms with E-state index in [1.165, 1.54) is 23.5 Å². The lowest BCUT2D eigenvalue weighted by molar-refractivity contribution is 0.0761. The van der Waals surface area contributed by atoms with E-state index in [-0.39, 0.29) is 10.8 Å². The lowest BCUT2D eigenvalue weighted by Crippen LogP contribution is -2.32. The van der Waals surface area contributed by atoms with Crippen molar-refractivity contribution in [2.24, 2.45) is 0 Å². The normalized spacial score (nSPS) is 15.2. The first-order valence-electron chi connectivity index (χ1n) is 9.45. The van der Waals surface area contributed by atoms with Crippen LogP contribution in [0.25, 0.3) is 0 Å². The molecule has 0 atom stereocenters. The van der Waals surface area contributed by atoms with Crippen LogP contribution >= 0.6 is 11.6 Å². The summed E-state index contributed by atoms with van der Waals surface area (Å²) in [5.74, 6) is -0.0413. The zero-order chi connectivity index (χ0) is 20.3. The average molecular weight is 421 g/mol. The van der Waals surface area contributed by atoms with Gasteiger partial charge in [-0.1, -0.05) is 30.5 Å². The Morgan fingerprint density at radius 2 is 1.61 bits per heavy atom. The highest BCUT2D eigenvalue weighted by Gasteiger charge is 2.24. The minimum Gasteiger partial charge on any atom is -0.339 e. The van der Waals surface area contributed by atoms with Gasteiger partial charge in [-0.3, -0.25) is 9.10 Å². The second-order valence-electron chi connectivity index (χ2n) is 7.13. The minimum atomic E-state index is -3.75. The zero-order valence-corrected chi connectivity index (χ0v) is 17.8. The quantitative estimate of drug-likeness (QED) is 0.732. The molecule has 1 fully saturated rings. The van der Waals surface area contributed by atoms with Crippen molar-refractivity contribution in [3.8, 4) is 0 Å². The number of carbonyl (C=O) groups is 1. The summed E-state index contributed by atoms with van der Waals surface area (Å²) >= 11 is 5.87. The number of benzene rings is 2. The van der Waals surface area contributed by atoms with E-state index in [4.69, 9.17) is 11.6 Å². The van der Waals surface area contributed by atoms with Crippen LogP contribution in [0, 0.1) is 6.92 Å². The van der Waals surface area contributed by atoms with E-state index in [0.717, 1.165) is 44.3 Å². The molecule has 0 radical (unpaired) electrons. The second-order valence-corrected chi connectivity index (χ2v) is 9.54. The second kappa shape index (κ2) is 8.53. The Bertz CT molecular complexity index is 950. The van der Waals surface area contributed by atoms with Gasteiger partial charge >= 0.3 is 0 Å². The molecule has 5 nitrogen and oxygen atoms in total. The third-order valence-electron chi connectivity index (χ3n) is 5.16. The number of hydrogen-bond donors (Lipinski definition) is 0. The van der Waals surface area contributed by atoms with Crippen LogP contribution in [0.15, 0.2) is 47.4 Å². The van der Waals surface area contributed by atoms with E-state index in [1.807, 2.05) is 11.8 Å². The van der Waals surface area contributed by atoms with Gasteiger partial charge in [-0.05, 0) is 61.7 Å². The topological polar surface area (TPSA) is 57.7 Å².